The number of rotatable bonds is 15. The number of carbonyl (C=O) groups is 5. The zero-order valence-electron chi connectivity index (χ0n) is 18.3. The van der Waals surface area contributed by atoms with Crippen LogP contribution in [0.1, 0.15) is 52.9 Å². The summed E-state index contributed by atoms with van der Waals surface area (Å²) < 4.78 is 0. The summed E-state index contributed by atoms with van der Waals surface area (Å²) in [6, 6.07) is -4.38. The molecule has 0 aromatic carbocycles. The molecule has 5 atom stereocenters. The van der Waals surface area contributed by atoms with E-state index in [4.69, 9.17) is 22.3 Å². The molecule has 0 saturated heterocycles. The SMILES string of the molecule is CCC(C)C(NC(=O)C(CCCCN)NC(=O)C(N)CC(N)=O)C(=O)NC(C)C(=O)O. The summed E-state index contributed by atoms with van der Waals surface area (Å²) in [7, 11) is 0. The number of amides is 4. The van der Waals surface area contributed by atoms with Gasteiger partial charge < -0.3 is 38.3 Å². The van der Waals surface area contributed by atoms with Crippen LogP contribution < -0.4 is 33.2 Å². The molecule has 0 aromatic heterocycles. The number of unbranched alkanes of at least 4 members (excludes halogenated alkanes) is 1. The highest BCUT2D eigenvalue weighted by Gasteiger charge is 2.31. The Morgan fingerprint density at radius 3 is 2.03 bits per heavy atom. The predicted octanol–water partition coefficient (Wildman–Crippen LogP) is -2.08. The van der Waals surface area contributed by atoms with Gasteiger partial charge in [0.15, 0.2) is 0 Å². The number of hydrogen-bond donors (Lipinski definition) is 7. The molecule has 0 rings (SSSR count). The van der Waals surface area contributed by atoms with Gasteiger partial charge in [-0.1, -0.05) is 20.3 Å². The van der Waals surface area contributed by atoms with Gasteiger partial charge in [0.05, 0.1) is 12.5 Å². The van der Waals surface area contributed by atoms with Crippen molar-refractivity contribution in [1.82, 2.24) is 16.0 Å². The Balaban J connectivity index is 5.41. The molecular weight excluding hydrogens is 408 g/mol. The van der Waals surface area contributed by atoms with E-state index < -0.39 is 53.8 Å². The zero-order valence-corrected chi connectivity index (χ0v) is 18.3. The quantitative estimate of drug-likeness (QED) is 0.139. The van der Waals surface area contributed by atoms with Crippen LogP contribution >= 0.6 is 0 Å². The fourth-order valence-corrected chi connectivity index (χ4v) is 2.67. The van der Waals surface area contributed by atoms with Crippen LogP contribution in [0, 0.1) is 5.92 Å². The van der Waals surface area contributed by atoms with Crippen molar-refractivity contribution in [3.8, 4) is 0 Å². The average molecular weight is 445 g/mol. The van der Waals surface area contributed by atoms with E-state index >= 15 is 0 Å². The second-order valence-corrected chi connectivity index (χ2v) is 7.56. The summed E-state index contributed by atoms with van der Waals surface area (Å²) in [6.45, 7) is 5.27. The fourth-order valence-electron chi connectivity index (χ4n) is 2.67. The maximum absolute atomic E-state index is 12.9. The van der Waals surface area contributed by atoms with Crippen LogP contribution in [0.5, 0.6) is 0 Å². The Kier molecular flexibility index (Phi) is 13.0. The van der Waals surface area contributed by atoms with Crippen molar-refractivity contribution < 1.29 is 29.1 Å². The standard InChI is InChI=1S/C19H36N6O6/c1-4-10(2)15(18(29)23-11(3)19(30)31)25-17(28)13(7-5-6-8-20)24-16(27)12(21)9-14(22)26/h10-13,15H,4-9,20-21H2,1-3H3,(H2,22,26)(H,23,29)(H,24,27)(H,25,28)(H,30,31). The van der Waals surface area contributed by atoms with Crippen molar-refractivity contribution in [2.45, 2.75) is 77.0 Å². The first-order valence-corrected chi connectivity index (χ1v) is 10.3. The molecule has 178 valence electrons. The summed E-state index contributed by atoms with van der Waals surface area (Å²) in [5.41, 5.74) is 16.2. The van der Waals surface area contributed by atoms with Crippen molar-refractivity contribution in [2.75, 3.05) is 6.54 Å². The monoisotopic (exact) mass is 444 g/mol. The van der Waals surface area contributed by atoms with Crippen LogP contribution in [0.4, 0.5) is 0 Å². The summed E-state index contributed by atoms with van der Waals surface area (Å²) in [5, 5.41) is 16.4. The molecule has 0 spiro atoms. The maximum Gasteiger partial charge on any atom is 0.325 e. The highest BCUT2D eigenvalue weighted by atomic mass is 16.4. The van der Waals surface area contributed by atoms with Gasteiger partial charge in [-0.3, -0.25) is 24.0 Å². The molecule has 0 fully saturated rings. The van der Waals surface area contributed by atoms with Gasteiger partial charge in [-0.05, 0) is 38.6 Å². The molecule has 4 amide bonds. The maximum atomic E-state index is 12.9. The Morgan fingerprint density at radius 2 is 1.55 bits per heavy atom. The minimum Gasteiger partial charge on any atom is -0.480 e. The Labute approximate surface area is 182 Å². The number of aliphatic carboxylic acids is 1. The minimum atomic E-state index is -1.22. The Morgan fingerprint density at radius 1 is 0.935 bits per heavy atom. The van der Waals surface area contributed by atoms with Crippen molar-refractivity contribution in [3.63, 3.8) is 0 Å². The van der Waals surface area contributed by atoms with E-state index in [1.54, 1.807) is 6.92 Å². The molecule has 0 aliphatic carbocycles. The highest BCUT2D eigenvalue weighted by Crippen LogP contribution is 2.10. The van der Waals surface area contributed by atoms with E-state index in [0.717, 1.165) is 0 Å². The molecule has 5 unspecified atom stereocenters. The largest absolute Gasteiger partial charge is 0.480 e. The molecule has 0 aliphatic heterocycles. The van der Waals surface area contributed by atoms with Gasteiger partial charge in [-0.15, -0.1) is 0 Å². The van der Waals surface area contributed by atoms with Gasteiger partial charge in [0.1, 0.15) is 18.1 Å². The predicted molar refractivity (Wildman–Crippen MR) is 113 cm³/mol. The fraction of sp³-hybridized carbons (Fsp3) is 0.737. The number of carboxylic acids is 1. The Hall–Kier alpha value is -2.73. The molecule has 0 bridgehead atoms. The van der Waals surface area contributed by atoms with E-state index in [0.29, 0.717) is 25.8 Å². The highest BCUT2D eigenvalue weighted by molar-refractivity contribution is 5.95. The van der Waals surface area contributed by atoms with Gasteiger partial charge in [-0.2, -0.15) is 0 Å². The Bertz CT molecular complexity index is 643. The molecule has 0 aromatic rings. The number of carboxylic acid groups (broad SMARTS) is 1. The van der Waals surface area contributed by atoms with Crippen molar-refractivity contribution >= 4 is 29.6 Å². The molecule has 12 heteroatoms. The molecule has 0 aliphatic rings. The van der Waals surface area contributed by atoms with Crippen molar-refractivity contribution in [1.29, 1.82) is 0 Å². The third-order valence-electron chi connectivity index (χ3n) is 4.86. The lowest BCUT2D eigenvalue weighted by molar-refractivity contribution is -0.142. The van der Waals surface area contributed by atoms with Crippen molar-refractivity contribution in [3.05, 3.63) is 0 Å². The van der Waals surface area contributed by atoms with Crippen LogP contribution in [-0.4, -0.2) is 65.4 Å². The smallest absolute Gasteiger partial charge is 0.325 e. The second kappa shape index (κ2) is 14.3. The first-order valence-electron chi connectivity index (χ1n) is 10.3. The van der Waals surface area contributed by atoms with E-state index in [1.165, 1.54) is 6.92 Å². The molecule has 10 N–H and O–H groups in total. The normalized spacial score (nSPS) is 15.6. The van der Waals surface area contributed by atoms with Crippen LogP contribution in [-0.2, 0) is 24.0 Å². The second-order valence-electron chi connectivity index (χ2n) is 7.56. The number of carbonyl (C=O) groups excluding carboxylic acids is 4. The molecule has 12 nitrogen and oxygen atoms in total. The van der Waals surface area contributed by atoms with Crippen LogP contribution in [0.15, 0.2) is 0 Å². The average Bonchev–Trinajstić information content (AvgIpc) is 2.69. The number of nitrogens with one attached hydrogen (secondary N) is 3. The third kappa shape index (κ3) is 10.7. The van der Waals surface area contributed by atoms with Crippen LogP contribution in [0.25, 0.3) is 0 Å². The molecule has 0 saturated carbocycles. The summed E-state index contributed by atoms with van der Waals surface area (Å²) >= 11 is 0. The molecule has 31 heavy (non-hydrogen) atoms. The number of hydrogen-bond acceptors (Lipinski definition) is 7. The number of primary amides is 1. The summed E-state index contributed by atoms with van der Waals surface area (Å²) in [4.78, 5) is 59.7. The lowest BCUT2D eigenvalue weighted by Crippen LogP contribution is -2.58. The van der Waals surface area contributed by atoms with Crippen LogP contribution in [0.2, 0.25) is 0 Å². The first-order chi connectivity index (χ1) is 14.4. The van der Waals surface area contributed by atoms with E-state index in [9.17, 15) is 24.0 Å². The molecule has 0 radical (unpaired) electrons. The third-order valence-corrected chi connectivity index (χ3v) is 4.86. The van der Waals surface area contributed by atoms with E-state index in [2.05, 4.69) is 16.0 Å². The summed E-state index contributed by atoms with van der Waals surface area (Å²) in [5.74, 6) is -4.26. The van der Waals surface area contributed by atoms with Gasteiger partial charge in [-0.25, -0.2) is 0 Å². The minimum absolute atomic E-state index is 0.235. The number of nitrogens with two attached hydrogens (primary N) is 3. The first kappa shape index (κ1) is 28.3. The molecule has 0 heterocycles. The lowest BCUT2D eigenvalue weighted by atomic mass is 9.97. The van der Waals surface area contributed by atoms with E-state index in [-0.39, 0.29) is 18.8 Å². The topological polar surface area (TPSA) is 220 Å². The summed E-state index contributed by atoms with van der Waals surface area (Å²) in [6.07, 6.45) is 1.52. The molecular formula is C19H36N6O6. The zero-order chi connectivity index (χ0) is 24.1. The lowest BCUT2D eigenvalue weighted by Gasteiger charge is -2.27. The van der Waals surface area contributed by atoms with Gasteiger partial charge >= 0.3 is 5.97 Å². The van der Waals surface area contributed by atoms with Crippen molar-refractivity contribution in [2.24, 2.45) is 23.1 Å². The van der Waals surface area contributed by atoms with E-state index in [1.807, 2.05) is 6.92 Å². The van der Waals surface area contributed by atoms with Gasteiger partial charge in [0.25, 0.3) is 0 Å². The van der Waals surface area contributed by atoms with Gasteiger partial charge in [0, 0.05) is 0 Å². The van der Waals surface area contributed by atoms with Crippen LogP contribution in [0.3, 0.4) is 0 Å². The van der Waals surface area contributed by atoms with Gasteiger partial charge in [0.2, 0.25) is 23.6 Å².